The minimum absolute atomic E-state index is 0.0829. The highest BCUT2D eigenvalue weighted by molar-refractivity contribution is 9.10. The van der Waals surface area contributed by atoms with E-state index in [2.05, 4.69) is 21.2 Å². The lowest BCUT2D eigenvalue weighted by molar-refractivity contribution is 0.407. The first-order valence-corrected chi connectivity index (χ1v) is 7.31. The number of hydrogen-bond acceptors (Lipinski definition) is 3. The molecule has 2 atom stereocenters. The number of aromatic hydroxyl groups is 2. The second-order valence-corrected chi connectivity index (χ2v) is 5.70. The number of phenolic OH excluding ortho intramolecular Hbond substituents is 2. The molecular weight excluding hydrogens is 318 g/mol. The van der Waals surface area contributed by atoms with Crippen molar-refractivity contribution in [3.8, 4) is 11.5 Å². The minimum atomic E-state index is -0.168. The summed E-state index contributed by atoms with van der Waals surface area (Å²) < 4.78 is 1.04. The summed E-state index contributed by atoms with van der Waals surface area (Å²) in [6, 6.07) is 12.7. The topological polar surface area (TPSA) is 52.5 Å². The third-order valence-electron chi connectivity index (χ3n) is 3.36. The minimum Gasteiger partial charge on any atom is -0.507 e. The van der Waals surface area contributed by atoms with Gasteiger partial charge in [-0.25, -0.2) is 0 Å². The first-order valence-electron chi connectivity index (χ1n) is 6.52. The lowest BCUT2D eigenvalue weighted by atomic mass is 10.0. The smallest absolute Gasteiger partial charge is 0.124 e. The molecule has 3 nitrogen and oxygen atoms in total. The monoisotopic (exact) mass is 335 g/mol. The molecule has 0 aliphatic rings. The van der Waals surface area contributed by atoms with Crippen molar-refractivity contribution in [2.45, 2.75) is 25.9 Å². The zero-order valence-electron chi connectivity index (χ0n) is 11.5. The average Bonchev–Trinajstić information content (AvgIpc) is 2.38. The summed E-state index contributed by atoms with van der Waals surface area (Å²) in [5.74, 6) is 0.202. The normalized spacial score (nSPS) is 13.9. The van der Waals surface area contributed by atoms with Crippen LogP contribution in [0.25, 0.3) is 0 Å². The second-order valence-electron chi connectivity index (χ2n) is 4.84. The summed E-state index contributed by atoms with van der Waals surface area (Å²) in [6.07, 6.45) is 0. The highest BCUT2D eigenvalue weighted by atomic mass is 79.9. The summed E-state index contributed by atoms with van der Waals surface area (Å²) in [7, 11) is 0. The van der Waals surface area contributed by atoms with Crippen molar-refractivity contribution in [3.63, 3.8) is 0 Å². The van der Waals surface area contributed by atoms with E-state index in [0.29, 0.717) is 5.56 Å². The van der Waals surface area contributed by atoms with E-state index in [1.54, 1.807) is 18.2 Å². The Hall–Kier alpha value is -1.52. The fourth-order valence-electron chi connectivity index (χ4n) is 2.36. The third-order valence-corrected chi connectivity index (χ3v) is 4.09. The van der Waals surface area contributed by atoms with Gasteiger partial charge in [0.1, 0.15) is 11.5 Å². The van der Waals surface area contributed by atoms with E-state index >= 15 is 0 Å². The largest absolute Gasteiger partial charge is 0.507 e. The van der Waals surface area contributed by atoms with Gasteiger partial charge in [0.15, 0.2) is 0 Å². The summed E-state index contributed by atoms with van der Waals surface area (Å²) in [4.78, 5) is 0. The number of benzene rings is 2. The maximum Gasteiger partial charge on any atom is 0.124 e. The molecule has 0 radical (unpaired) electrons. The molecule has 0 aliphatic heterocycles. The standard InChI is InChI=1S/C16H18BrNO2/c1-10(12-6-3-4-7-13(12)17)18-11(2)16-14(19)8-5-9-15(16)20/h3-11,18-20H,1-2H3. The van der Waals surface area contributed by atoms with Crippen LogP contribution in [0.3, 0.4) is 0 Å². The van der Waals surface area contributed by atoms with Crippen molar-refractivity contribution in [1.82, 2.24) is 5.32 Å². The Balaban J connectivity index is 2.20. The van der Waals surface area contributed by atoms with E-state index in [0.717, 1.165) is 10.0 Å². The molecule has 0 amide bonds. The van der Waals surface area contributed by atoms with Gasteiger partial charge in [0.2, 0.25) is 0 Å². The summed E-state index contributed by atoms with van der Waals surface area (Å²) >= 11 is 3.53. The molecule has 2 unspecified atom stereocenters. The van der Waals surface area contributed by atoms with Gasteiger partial charge in [0.05, 0.1) is 5.56 Å². The van der Waals surface area contributed by atoms with Crippen LogP contribution in [0.5, 0.6) is 11.5 Å². The third kappa shape index (κ3) is 3.14. The van der Waals surface area contributed by atoms with Crippen LogP contribution >= 0.6 is 15.9 Å². The van der Waals surface area contributed by atoms with Crippen LogP contribution in [-0.2, 0) is 0 Å². The molecule has 4 heteroatoms. The van der Waals surface area contributed by atoms with Crippen LogP contribution in [0, 0.1) is 0 Å². The van der Waals surface area contributed by atoms with Gasteiger partial charge in [0, 0.05) is 16.6 Å². The first-order chi connectivity index (χ1) is 9.50. The van der Waals surface area contributed by atoms with Gasteiger partial charge in [-0.2, -0.15) is 0 Å². The zero-order valence-corrected chi connectivity index (χ0v) is 13.1. The van der Waals surface area contributed by atoms with Gasteiger partial charge in [-0.05, 0) is 37.6 Å². The molecule has 0 bridgehead atoms. The van der Waals surface area contributed by atoms with E-state index < -0.39 is 0 Å². The molecule has 20 heavy (non-hydrogen) atoms. The molecule has 0 saturated carbocycles. The molecule has 2 rings (SSSR count). The van der Waals surface area contributed by atoms with E-state index in [4.69, 9.17) is 0 Å². The van der Waals surface area contributed by atoms with Gasteiger partial charge in [-0.1, -0.05) is 40.2 Å². The van der Waals surface area contributed by atoms with Gasteiger partial charge >= 0.3 is 0 Å². The number of phenols is 2. The molecule has 0 spiro atoms. The fraction of sp³-hybridized carbons (Fsp3) is 0.250. The van der Waals surface area contributed by atoms with Crippen molar-refractivity contribution in [1.29, 1.82) is 0 Å². The maximum absolute atomic E-state index is 9.89. The summed E-state index contributed by atoms with van der Waals surface area (Å²) in [5.41, 5.74) is 1.65. The lowest BCUT2D eigenvalue weighted by Crippen LogP contribution is -2.23. The number of rotatable bonds is 4. The Bertz CT molecular complexity index is 581. The quantitative estimate of drug-likeness (QED) is 0.781. The highest BCUT2D eigenvalue weighted by Crippen LogP contribution is 2.34. The van der Waals surface area contributed by atoms with Crippen LogP contribution in [-0.4, -0.2) is 10.2 Å². The van der Waals surface area contributed by atoms with Crippen molar-refractivity contribution in [2.24, 2.45) is 0 Å². The zero-order chi connectivity index (χ0) is 14.7. The van der Waals surface area contributed by atoms with Gasteiger partial charge in [-0.3, -0.25) is 0 Å². The lowest BCUT2D eigenvalue weighted by Gasteiger charge is -2.22. The van der Waals surface area contributed by atoms with Crippen LogP contribution in [0.4, 0.5) is 0 Å². The molecule has 2 aromatic rings. The van der Waals surface area contributed by atoms with Crippen LogP contribution in [0.1, 0.15) is 37.1 Å². The first kappa shape index (κ1) is 14.9. The number of nitrogens with one attached hydrogen (secondary N) is 1. The fourth-order valence-corrected chi connectivity index (χ4v) is 2.99. The van der Waals surface area contributed by atoms with E-state index in [1.165, 1.54) is 0 Å². The number of hydrogen-bond donors (Lipinski definition) is 3. The summed E-state index contributed by atoms with van der Waals surface area (Å²) in [6.45, 7) is 3.97. The van der Waals surface area contributed by atoms with Crippen LogP contribution in [0.2, 0.25) is 0 Å². The van der Waals surface area contributed by atoms with E-state index in [9.17, 15) is 10.2 Å². The Labute approximate surface area is 127 Å². The second kappa shape index (κ2) is 6.29. The predicted octanol–water partition coefficient (Wildman–Crippen LogP) is 4.27. The molecular formula is C16H18BrNO2. The molecule has 3 N–H and O–H groups in total. The molecule has 106 valence electrons. The Morgan fingerprint density at radius 3 is 2.10 bits per heavy atom. The molecule has 0 aromatic heterocycles. The van der Waals surface area contributed by atoms with Crippen LogP contribution in [0.15, 0.2) is 46.9 Å². The molecule has 0 fully saturated rings. The van der Waals surface area contributed by atoms with Gasteiger partial charge in [0.25, 0.3) is 0 Å². The predicted molar refractivity (Wildman–Crippen MR) is 83.9 cm³/mol. The van der Waals surface area contributed by atoms with Crippen molar-refractivity contribution >= 4 is 15.9 Å². The molecule has 0 saturated heterocycles. The van der Waals surface area contributed by atoms with Gasteiger partial charge in [-0.15, -0.1) is 0 Å². The maximum atomic E-state index is 9.89. The number of halogens is 1. The Kier molecular flexibility index (Phi) is 4.68. The van der Waals surface area contributed by atoms with Crippen molar-refractivity contribution < 1.29 is 10.2 Å². The van der Waals surface area contributed by atoms with Crippen molar-refractivity contribution in [2.75, 3.05) is 0 Å². The SMILES string of the molecule is CC(NC(C)c1c(O)cccc1O)c1ccccc1Br. The average molecular weight is 336 g/mol. The summed E-state index contributed by atoms with van der Waals surface area (Å²) in [5, 5.41) is 23.2. The molecule has 0 aliphatic carbocycles. The Morgan fingerprint density at radius 1 is 0.900 bits per heavy atom. The van der Waals surface area contributed by atoms with Gasteiger partial charge < -0.3 is 15.5 Å². The molecule has 0 heterocycles. The van der Waals surface area contributed by atoms with Crippen molar-refractivity contribution in [3.05, 3.63) is 58.1 Å². The highest BCUT2D eigenvalue weighted by Gasteiger charge is 2.18. The van der Waals surface area contributed by atoms with E-state index in [-0.39, 0.29) is 23.6 Å². The van der Waals surface area contributed by atoms with E-state index in [1.807, 2.05) is 38.1 Å². The van der Waals surface area contributed by atoms with Crippen LogP contribution < -0.4 is 5.32 Å². The Morgan fingerprint density at radius 2 is 1.50 bits per heavy atom. The molecule has 2 aromatic carbocycles.